The van der Waals surface area contributed by atoms with E-state index in [0.717, 1.165) is 11.1 Å². The monoisotopic (exact) mass is 239 g/mol. The van der Waals surface area contributed by atoms with Crippen molar-refractivity contribution in [2.24, 2.45) is 0 Å². The average molecular weight is 239 g/mol. The summed E-state index contributed by atoms with van der Waals surface area (Å²) in [6.07, 6.45) is 2.01. The van der Waals surface area contributed by atoms with Gasteiger partial charge in [-0.3, -0.25) is 0 Å². The highest BCUT2D eigenvalue weighted by molar-refractivity contribution is 5.80. The molecule has 1 heterocycles. The molecule has 3 aromatic rings. The predicted molar refractivity (Wildman–Crippen MR) is 72.2 cm³/mol. The van der Waals surface area contributed by atoms with Gasteiger partial charge in [-0.1, -0.05) is 29.8 Å². The molecule has 1 nitrogen and oxygen atoms in total. The summed E-state index contributed by atoms with van der Waals surface area (Å²) >= 11 is 0. The van der Waals surface area contributed by atoms with Gasteiger partial charge in [-0.05, 0) is 36.6 Å². The Labute approximate surface area is 105 Å². The molecule has 0 aliphatic carbocycles. The third kappa shape index (κ3) is 1.90. The van der Waals surface area contributed by atoms with E-state index in [9.17, 15) is 4.39 Å². The van der Waals surface area contributed by atoms with Crippen LogP contribution in [0.15, 0.2) is 54.7 Å². The minimum absolute atomic E-state index is 0.147. The van der Waals surface area contributed by atoms with Gasteiger partial charge >= 0.3 is 0 Å². The van der Waals surface area contributed by atoms with Crippen LogP contribution < -0.4 is 0 Å². The number of hydrogen-bond acceptors (Lipinski definition) is 0. The number of nitrogens with zero attached hydrogens (tertiary/aromatic N) is 1. The van der Waals surface area contributed by atoms with Gasteiger partial charge in [0, 0.05) is 17.3 Å². The molecule has 0 aliphatic rings. The van der Waals surface area contributed by atoms with E-state index in [1.807, 2.05) is 18.3 Å². The summed E-state index contributed by atoms with van der Waals surface area (Å²) in [6, 6.07) is 15.3. The van der Waals surface area contributed by atoms with Crippen molar-refractivity contribution in [3.05, 3.63) is 71.7 Å². The molecule has 90 valence electrons. The summed E-state index contributed by atoms with van der Waals surface area (Å²) in [7, 11) is 0. The minimum Gasteiger partial charge on any atom is -0.343 e. The molecule has 0 saturated heterocycles. The first-order valence-corrected chi connectivity index (χ1v) is 6.03. The van der Waals surface area contributed by atoms with Crippen LogP contribution in [0, 0.1) is 12.7 Å². The lowest BCUT2D eigenvalue weighted by Gasteiger charge is -2.07. The topological polar surface area (TPSA) is 4.93 Å². The Hall–Kier alpha value is -2.09. The van der Waals surface area contributed by atoms with Crippen molar-refractivity contribution in [2.45, 2.75) is 13.5 Å². The molecule has 18 heavy (non-hydrogen) atoms. The first-order valence-electron chi connectivity index (χ1n) is 6.03. The average Bonchev–Trinajstić information content (AvgIpc) is 2.74. The molecule has 0 aliphatic heterocycles. The maximum absolute atomic E-state index is 13.6. The van der Waals surface area contributed by atoms with Crippen LogP contribution in [0.1, 0.15) is 11.1 Å². The summed E-state index contributed by atoms with van der Waals surface area (Å²) in [6.45, 7) is 2.65. The van der Waals surface area contributed by atoms with Gasteiger partial charge in [-0.2, -0.15) is 0 Å². The summed E-state index contributed by atoms with van der Waals surface area (Å²) in [5.41, 5.74) is 3.10. The standard InChI is InChI=1S/C16H14FN/c1-12-6-7-16-13(10-12)8-9-18(16)11-14-4-2-3-5-15(14)17/h2-10H,11H2,1H3. The fourth-order valence-electron chi connectivity index (χ4n) is 2.27. The van der Waals surface area contributed by atoms with Gasteiger partial charge in [0.15, 0.2) is 0 Å². The molecule has 0 amide bonds. The van der Waals surface area contributed by atoms with Crippen LogP contribution in [0.3, 0.4) is 0 Å². The zero-order valence-corrected chi connectivity index (χ0v) is 10.2. The quantitative estimate of drug-likeness (QED) is 0.633. The number of aryl methyl sites for hydroxylation is 1. The molecule has 2 aromatic carbocycles. The third-order valence-electron chi connectivity index (χ3n) is 3.23. The number of halogens is 1. The first kappa shape index (κ1) is 11.0. The Morgan fingerprint density at radius 1 is 1.06 bits per heavy atom. The van der Waals surface area contributed by atoms with Gasteiger partial charge < -0.3 is 4.57 Å². The summed E-state index contributed by atoms with van der Waals surface area (Å²) in [5.74, 6) is -0.147. The van der Waals surface area contributed by atoms with Crippen molar-refractivity contribution in [1.29, 1.82) is 0 Å². The molecule has 0 unspecified atom stereocenters. The van der Waals surface area contributed by atoms with Crippen molar-refractivity contribution in [3.8, 4) is 0 Å². The summed E-state index contributed by atoms with van der Waals surface area (Å²) in [4.78, 5) is 0. The van der Waals surface area contributed by atoms with Crippen LogP contribution in [0.2, 0.25) is 0 Å². The normalized spacial score (nSPS) is 11.0. The van der Waals surface area contributed by atoms with Crippen LogP contribution in [-0.2, 0) is 6.54 Å². The molecule has 0 bridgehead atoms. The van der Waals surface area contributed by atoms with Crippen molar-refractivity contribution < 1.29 is 4.39 Å². The van der Waals surface area contributed by atoms with E-state index in [0.29, 0.717) is 6.54 Å². The number of benzene rings is 2. The van der Waals surface area contributed by atoms with Gasteiger partial charge in [-0.15, -0.1) is 0 Å². The van der Waals surface area contributed by atoms with Gasteiger partial charge in [-0.25, -0.2) is 4.39 Å². The number of hydrogen-bond donors (Lipinski definition) is 0. The molecule has 0 radical (unpaired) electrons. The van der Waals surface area contributed by atoms with Gasteiger partial charge in [0.25, 0.3) is 0 Å². The number of rotatable bonds is 2. The van der Waals surface area contributed by atoms with Gasteiger partial charge in [0.2, 0.25) is 0 Å². The second kappa shape index (κ2) is 4.30. The lowest BCUT2D eigenvalue weighted by molar-refractivity contribution is 0.602. The van der Waals surface area contributed by atoms with E-state index in [1.54, 1.807) is 6.07 Å². The molecule has 0 atom stereocenters. The summed E-state index contributed by atoms with van der Waals surface area (Å²) in [5, 5.41) is 1.20. The van der Waals surface area contributed by atoms with Crippen molar-refractivity contribution >= 4 is 10.9 Å². The van der Waals surface area contributed by atoms with E-state index in [-0.39, 0.29) is 5.82 Å². The number of aromatic nitrogens is 1. The Morgan fingerprint density at radius 3 is 2.72 bits per heavy atom. The molecule has 0 fully saturated rings. The summed E-state index contributed by atoms with van der Waals surface area (Å²) < 4.78 is 15.7. The second-order valence-electron chi connectivity index (χ2n) is 4.60. The van der Waals surface area contributed by atoms with Crippen LogP contribution in [0.5, 0.6) is 0 Å². The van der Waals surface area contributed by atoms with Crippen molar-refractivity contribution in [3.63, 3.8) is 0 Å². The lowest BCUT2D eigenvalue weighted by atomic mass is 10.2. The Morgan fingerprint density at radius 2 is 1.89 bits per heavy atom. The van der Waals surface area contributed by atoms with Crippen LogP contribution in [-0.4, -0.2) is 4.57 Å². The molecular weight excluding hydrogens is 225 g/mol. The van der Waals surface area contributed by atoms with E-state index in [2.05, 4.69) is 35.8 Å². The van der Waals surface area contributed by atoms with E-state index >= 15 is 0 Å². The Bertz CT molecular complexity index is 697. The van der Waals surface area contributed by atoms with Crippen molar-refractivity contribution in [2.75, 3.05) is 0 Å². The maximum Gasteiger partial charge on any atom is 0.128 e. The third-order valence-corrected chi connectivity index (χ3v) is 3.23. The van der Waals surface area contributed by atoms with E-state index in [1.165, 1.54) is 17.0 Å². The fraction of sp³-hybridized carbons (Fsp3) is 0.125. The molecule has 0 spiro atoms. The largest absolute Gasteiger partial charge is 0.343 e. The van der Waals surface area contributed by atoms with Crippen LogP contribution >= 0.6 is 0 Å². The van der Waals surface area contributed by atoms with Crippen LogP contribution in [0.25, 0.3) is 10.9 Å². The molecular formula is C16H14FN. The highest BCUT2D eigenvalue weighted by Gasteiger charge is 2.05. The first-order chi connectivity index (χ1) is 8.74. The Kier molecular flexibility index (Phi) is 2.63. The highest BCUT2D eigenvalue weighted by atomic mass is 19.1. The second-order valence-corrected chi connectivity index (χ2v) is 4.60. The van der Waals surface area contributed by atoms with Crippen molar-refractivity contribution in [1.82, 2.24) is 4.57 Å². The minimum atomic E-state index is -0.147. The molecule has 3 rings (SSSR count). The zero-order valence-electron chi connectivity index (χ0n) is 10.2. The molecule has 0 saturated carbocycles. The lowest BCUT2D eigenvalue weighted by Crippen LogP contribution is -2.00. The number of fused-ring (bicyclic) bond motifs is 1. The van der Waals surface area contributed by atoms with Gasteiger partial charge in [0.05, 0.1) is 6.54 Å². The fourth-order valence-corrected chi connectivity index (χ4v) is 2.27. The van der Waals surface area contributed by atoms with Gasteiger partial charge in [0.1, 0.15) is 5.82 Å². The zero-order chi connectivity index (χ0) is 12.5. The Balaban J connectivity index is 2.03. The van der Waals surface area contributed by atoms with Crippen LogP contribution in [0.4, 0.5) is 4.39 Å². The molecule has 0 N–H and O–H groups in total. The SMILES string of the molecule is Cc1ccc2c(ccn2Cc2ccccc2F)c1. The molecule has 1 aromatic heterocycles. The van der Waals surface area contributed by atoms with E-state index < -0.39 is 0 Å². The predicted octanol–water partition coefficient (Wildman–Crippen LogP) is 4.14. The smallest absolute Gasteiger partial charge is 0.128 e. The highest BCUT2D eigenvalue weighted by Crippen LogP contribution is 2.19. The maximum atomic E-state index is 13.6. The molecule has 2 heteroatoms. The van der Waals surface area contributed by atoms with E-state index in [4.69, 9.17) is 0 Å².